The molecule has 2 fully saturated rings. The SMILES string of the molecule is COCCN(C1CC1)C1(CN)CSCC(C)(C)C1. The molecular weight excluding hydrogens is 244 g/mol. The fourth-order valence-corrected chi connectivity index (χ4v) is 4.85. The van der Waals surface area contributed by atoms with Crippen LogP contribution in [0.2, 0.25) is 0 Å². The second kappa shape index (κ2) is 5.70. The summed E-state index contributed by atoms with van der Waals surface area (Å²) in [5, 5.41) is 0. The quantitative estimate of drug-likeness (QED) is 0.802. The Morgan fingerprint density at radius 3 is 2.56 bits per heavy atom. The lowest BCUT2D eigenvalue weighted by molar-refractivity contribution is 0.0367. The van der Waals surface area contributed by atoms with Crippen LogP contribution < -0.4 is 5.73 Å². The molecule has 1 atom stereocenters. The van der Waals surface area contributed by atoms with Gasteiger partial charge in [-0.3, -0.25) is 4.90 Å². The van der Waals surface area contributed by atoms with Gasteiger partial charge in [0.15, 0.2) is 0 Å². The van der Waals surface area contributed by atoms with Crippen molar-refractivity contribution in [1.82, 2.24) is 4.90 Å². The van der Waals surface area contributed by atoms with Crippen molar-refractivity contribution in [3.8, 4) is 0 Å². The van der Waals surface area contributed by atoms with E-state index in [1.54, 1.807) is 7.11 Å². The summed E-state index contributed by atoms with van der Waals surface area (Å²) in [5.41, 5.74) is 6.81. The van der Waals surface area contributed by atoms with E-state index in [-0.39, 0.29) is 5.54 Å². The van der Waals surface area contributed by atoms with Gasteiger partial charge >= 0.3 is 0 Å². The summed E-state index contributed by atoms with van der Waals surface area (Å²) in [4.78, 5) is 2.67. The second-order valence-electron chi connectivity index (χ2n) is 6.68. The lowest BCUT2D eigenvalue weighted by Crippen LogP contribution is -2.61. The first kappa shape index (κ1) is 14.6. The van der Waals surface area contributed by atoms with Crippen molar-refractivity contribution < 1.29 is 4.74 Å². The molecular formula is C14H28N2OS. The van der Waals surface area contributed by atoms with Crippen molar-refractivity contribution in [3.05, 3.63) is 0 Å². The smallest absolute Gasteiger partial charge is 0.0590 e. The van der Waals surface area contributed by atoms with Crippen LogP contribution in [0.3, 0.4) is 0 Å². The normalized spacial score (nSPS) is 31.8. The third-order valence-electron chi connectivity index (χ3n) is 4.18. The molecule has 0 spiro atoms. The van der Waals surface area contributed by atoms with E-state index in [0.717, 1.165) is 25.7 Å². The number of thioether (sulfide) groups is 1. The van der Waals surface area contributed by atoms with Gasteiger partial charge in [0.2, 0.25) is 0 Å². The molecule has 0 aromatic heterocycles. The van der Waals surface area contributed by atoms with Gasteiger partial charge in [-0.1, -0.05) is 13.8 Å². The van der Waals surface area contributed by atoms with Gasteiger partial charge in [-0.15, -0.1) is 0 Å². The van der Waals surface area contributed by atoms with Crippen LogP contribution in [-0.2, 0) is 4.74 Å². The Kier molecular flexibility index (Phi) is 4.63. The summed E-state index contributed by atoms with van der Waals surface area (Å²) in [7, 11) is 1.79. The van der Waals surface area contributed by atoms with Gasteiger partial charge in [0, 0.05) is 37.5 Å². The predicted molar refractivity (Wildman–Crippen MR) is 79.1 cm³/mol. The van der Waals surface area contributed by atoms with Gasteiger partial charge in [0.05, 0.1) is 6.61 Å². The first-order chi connectivity index (χ1) is 8.53. The Morgan fingerprint density at radius 2 is 2.06 bits per heavy atom. The molecule has 106 valence electrons. The van der Waals surface area contributed by atoms with Crippen molar-refractivity contribution in [2.24, 2.45) is 11.1 Å². The van der Waals surface area contributed by atoms with Crippen LogP contribution in [0, 0.1) is 5.41 Å². The molecule has 18 heavy (non-hydrogen) atoms. The molecule has 0 radical (unpaired) electrons. The highest BCUT2D eigenvalue weighted by atomic mass is 32.2. The largest absolute Gasteiger partial charge is 0.383 e. The molecule has 3 nitrogen and oxygen atoms in total. The van der Waals surface area contributed by atoms with E-state index in [1.807, 2.05) is 0 Å². The number of hydrogen-bond donors (Lipinski definition) is 1. The van der Waals surface area contributed by atoms with Crippen molar-refractivity contribution in [3.63, 3.8) is 0 Å². The van der Waals surface area contributed by atoms with Gasteiger partial charge < -0.3 is 10.5 Å². The maximum atomic E-state index is 6.20. The number of hydrogen-bond acceptors (Lipinski definition) is 4. The molecule has 1 unspecified atom stereocenters. The van der Waals surface area contributed by atoms with Gasteiger partial charge in [0.1, 0.15) is 0 Å². The minimum absolute atomic E-state index is 0.201. The fraction of sp³-hybridized carbons (Fsp3) is 1.00. The first-order valence-corrected chi connectivity index (χ1v) is 8.22. The number of methoxy groups -OCH3 is 1. The highest BCUT2D eigenvalue weighted by molar-refractivity contribution is 7.99. The Labute approximate surface area is 116 Å². The zero-order chi connectivity index (χ0) is 13.2. The van der Waals surface area contributed by atoms with Gasteiger partial charge in [-0.2, -0.15) is 11.8 Å². The topological polar surface area (TPSA) is 38.5 Å². The molecule has 1 heterocycles. The minimum atomic E-state index is 0.201. The van der Waals surface area contributed by atoms with Crippen LogP contribution in [-0.4, -0.2) is 54.8 Å². The molecule has 0 aromatic rings. The summed E-state index contributed by atoms with van der Waals surface area (Å²) < 4.78 is 5.29. The van der Waals surface area contributed by atoms with E-state index >= 15 is 0 Å². The molecule has 1 saturated heterocycles. The van der Waals surface area contributed by atoms with Crippen LogP contribution in [0.5, 0.6) is 0 Å². The summed E-state index contributed by atoms with van der Waals surface area (Å²) in [6.07, 6.45) is 3.91. The molecule has 2 rings (SSSR count). The Balaban J connectivity index is 2.12. The highest BCUT2D eigenvalue weighted by Gasteiger charge is 2.48. The maximum Gasteiger partial charge on any atom is 0.0590 e. The lowest BCUT2D eigenvalue weighted by atomic mass is 9.78. The van der Waals surface area contributed by atoms with Crippen LogP contribution in [0.25, 0.3) is 0 Å². The summed E-state index contributed by atoms with van der Waals surface area (Å²) in [6, 6.07) is 0.762. The molecule has 2 aliphatic rings. The zero-order valence-electron chi connectivity index (χ0n) is 12.1. The van der Waals surface area contributed by atoms with Gasteiger partial charge in [-0.05, 0) is 30.4 Å². The summed E-state index contributed by atoms with van der Waals surface area (Å²) in [5.74, 6) is 2.45. The Morgan fingerprint density at radius 1 is 1.33 bits per heavy atom. The third kappa shape index (κ3) is 3.21. The van der Waals surface area contributed by atoms with E-state index in [0.29, 0.717) is 5.41 Å². The maximum absolute atomic E-state index is 6.20. The predicted octanol–water partition coefficient (Wildman–Crippen LogP) is 1.96. The second-order valence-corrected chi connectivity index (χ2v) is 7.67. The summed E-state index contributed by atoms with van der Waals surface area (Å²) >= 11 is 2.08. The Bertz CT molecular complexity index is 281. The molecule has 0 aromatic carbocycles. The van der Waals surface area contributed by atoms with Crippen LogP contribution in [0.15, 0.2) is 0 Å². The average Bonchev–Trinajstić information content (AvgIpc) is 3.12. The van der Waals surface area contributed by atoms with E-state index < -0.39 is 0 Å². The molecule has 4 heteroatoms. The molecule has 2 N–H and O–H groups in total. The summed E-state index contributed by atoms with van der Waals surface area (Å²) in [6.45, 7) is 7.40. The van der Waals surface area contributed by atoms with Crippen LogP contribution >= 0.6 is 11.8 Å². The number of nitrogens with zero attached hydrogens (tertiary/aromatic N) is 1. The van der Waals surface area contributed by atoms with Crippen molar-refractivity contribution >= 4 is 11.8 Å². The van der Waals surface area contributed by atoms with Gasteiger partial charge in [0.25, 0.3) is 0 Å². The molecule has 0 bridgehead atoms. The van der Waals surface area contributed by atoms with E-state index in [2.05, 4.69) is 30.5 Å². The van der Waals surface area contributed by atoms with E-state index in [4.69, 9.17) is 10.5 Å². The lowest BCUT2D eigenvalue weighted by Gasteiger charge is -2.51. The average molecular weight is 272 g/mol. The van der Waals surface area contributed by atoms with Crippen molar-refractivity contribution in [2.45, 2.75) is 44.7 Å². The van der Waals surface area contributed by atoms with Crippen LogP contribution in [0.4, 0.5) is 0 Å². The van der Waals surface area contributed by atoms with Crippen molar-refractivity contribution in [2.75, 3.05) is 38.3 Å². The number of ether oxygens (including phenoxy) is 1. The molecule has 1 saturated carbocycles. The van der Waals surface area contributed by atoms with Crippen LogP contribution in [0.1, 0.15) is 33.1 Å². The third-order valence-corrected chi connectivity index (χ3v) is 5.91. The number of rotatable bonds is 6. The van der Waals surface area contributed by atoms with Crippen molar-refractivity contribution in [1.29, 1.82) is 0 Å². The molecule has 0 amide bonds. The molecule has 1 aliphatic carbocycles. The van der Waals surface area contributed by atoms with E-state index in [9.17, 15) is 0 Å². The highest BCUT2D eigenvalue weighted by Crippen LogP contribution is 2.45. The van der Waals surface area contributed by atoms with E-state index in [1.165, 1.54) is 30.8 Å². The zero-order valence-corrected chi connectivity index (χ0v) is 12.9. The standard InChI is InChI=1S/C14H28N2OS/c1-13(2)8-14(9-15,11-18-10-13)16(6-7-17-3)12-4-5-12/h12H,4-11,15H2,1-3H3. The van der Waals surface area contributed by atoms with Gasteiger partial charge in [-0.25, -0.2) is 0 Å². The monoisotopic (exact) mass is 272 g/mol. The fourth-order valence-electron chi connectivity index (χ4n) is 3.33. The molecule has 1 aliphatic heterocycles. The Hall–Kier alpha value is 0.230. The minimum Gasteiger partial charge on any atom is -0.383 e. The number of nitrogens with two attached hydrogens (primary N) is 1. The first-order valence-electron chi connectivity index (χ1n) is 7.06.